The maximum Gasteiger partial charge on any atom is 0.262 e. The number of morpholine rings is 1. The number of fused-ring (bicyclic) bond motifs is 1. The van der Waals surface area contributed by atoms with Crippen LogP contribution in [-0.2, 0) is 21.3 Å². The third-order valence-electron chi connectivity index (χ3n) is 7.81. The molecule has 2 fully saturated rings. The van der Waals surface area contributed by atoms with Gasteiger partial charge in [0.15, 0.2) is 6.29 Å². The summed E-state index contributed by atoms with van der Waals surface area (Å²) >= 11 is 0. The van der Waals surface area contributed by atoms with E-state index in [9.17, 15) is 25.4 Å². The van der Waals surface area contributed by atoms with Crippen LogP contribution in [0.4, 0.5) is 5.69 Å². The van der Waals surface area contributed by atoms with Gasteiger partial charge in [0.1, 0.15) is 23.9 Å². The number of benzene rings is 2. The largest absolute Gasteiger partial charge is 0.390 e. The highest BCUT2D eigenvalue weighted by molar-refractivity contribution is 6.01. The lowest BCUT2D eigenvalue weighted by molar-refractivity contribution is -0.258. The van der Waals surface area contributed by atoms with Crippen molar-refractivity contribution in [2.75, 3.05) is 37.7 Å². The van der Waals surface area contributed by atoms with Gasteiger partial charge >= 0.3 is 0 Å². The second-order valence-electron chi connectivity index (χ2n) is 10.3. The Morgan fingerprint density at radius 3 is 2.55 bits per heavy atom. The van der Waals surface area contributed by atoms with Crippen molar-refractivity contribution >= 4 is 28.4 Å². The summed E-state index contributed by atoms with van der Waals surface area (Å²) in [5.41, 5.74) is 3.66. The third kappa shape index (κ3) is 5.61. The summed E-state index contributed by atoms with van der Waals surface area (Å²) in [6.07, 6.45) is -3.25. The van der Waals surface area contributed by atoms with Crippen molar-refractivity contribution in [3.63, 3.8) is 0 Å². The van der Waals surface area contributed by atoms with E-state index in [-0.39, 0.29) is 12.1 Å². The number of hydrogen-bond acceptors (Lipinski definition) is 8. The number of anilines is 1. The molecule has 1 aromatic heterocycles. The van der Waals surface area contributed by atoms with E-state index in [0.717, 1.165) is 48.3 Å². The molecule has 3 aromatic rings. The van der Waals surface area contributed by atoms with Crippen LogP contribution in [0.2, 0.25) is 0 Å². The smallest absolute Gasteiger partial charge is 0.262 e. The number of amides is 1. The number of hydrogen-bond donors (Lipinski definition) is 4. The van der Waals surface area contributed by atoms with Crippen molar-refractivity contribution in [2.24, 2.45) is 13.0 Å². The first kappa shape index (κ1) is 27.8. The van der Waals surface area contributed by atoms with E-state index in [1.165, 1.54) is 11.8 Å². The average Bonchev–Trinajstić information content (AvgIpc) is 3.35. The Morgan fingerprint density at radius 2 is 1.80 bits per heavy atom. The maximum atomic E-state index is 12.7. The highest BCUT2D eigenvalue weighted by atomic mass is 16.6. The molecule has 0 bridgehead atoms. The molecule has 5 atom stereocenters. The number of nitrogens with zero attached hydrogens (tertiary/aromatic N) is 3. The third-order valence-corrected chi connectivity index (χ3v) is 7.81. The second kappa shape index (κ2) is 11.8. The molecular weight excluding hydrogens is 512 g/mol. The first-order chi connectivity index (χ1) is 19.3. The minimum absolute atomic E-state index is 0.123. The summed E-state index contributed by atoms with van der Waals surface area (Å²) in [4.78, 5) is 15.1. The van der Waals surface area contributed by atoms with E-state index >= 15 is 0 Å². The van der Waals surface area contributed by atoms with Gasteiger partial charge < -0.3 is 39.6 Å². The zero-order valence-corrected chi connectivity index (χ0v) is 22.5. The Hall–Kier alpha value is -3.72. The van der Waals surface area contributed by atoms with Gasteiger partial charge in [0.05, 0.1) is 19.3 Å². The van der Waals surface area contributed by atoms with Gasteiger partial charge in [-0.05, 0) is 52.7 Å². The first-order valence-corrected chi connectivity index (χ1v) is 13.4. The molecule has 5 rings (SSSR count). The van der Waals surface area contributed by atoms with Gasteiger partial charge in [-0.3, -0.25) is 4.79 Å². The van der Waals surface area contributed by atoms with Crippen LogP contribution in [0.25, 0.3) is 28.1 Å². The van der Waals surface area contributed by atoms with Crippen molar-refractivity contribution in [3.05, 3.63) is 59.8 Å². The molecule has 10 nitrogen and oxygen atoms in total. The summed E-state index contributed by atoms with van der Waals surface area (Å²) in [7, 11) is 1.87. The van der Waals surface area contributed by atoms with Crippen LogP contribution in [0.5, 0.6) is 0 Å². The monoisotopic (exact) mass is 546 g/mol. The van der Waals surface area contributed by atoms with Gasteiger partial charge in [0.2, 0.25) is 0 Å². The molecule has 0 aliphatic carbocycles. The number of aromatic nitrogens is 1. The van der Waals surface area contributed by atoms with E-state index in [1.54, 1.807) is 6.92 Å². The van der Waals surface area contributed by atoms with Crippen molar-refractivity contribution in [1.82, 2.24) is 9.88 Å². The topological polar surface area (TPSA) is 140 Å². The number of carbonyl (C=O) groups is 1. The summed E-state index contributed by atoms with van der Waals surface area (Å²) in [6, 6.07) is 18.4. The zero-order chi connectivity index (χ0) is 28.4. The van der Waals surface area contributed by atoms with E-state index in [4.69, 9.17) is 9.47 Å². The lowest BCUT2D eigenvalue weighted by Crippen LogP contribution is -2.56. The molecule has 40 heavy (non-hydrogen) atoms. The second-order valence-corrected chi connectivity index (χ2v) is 10.3. The van der Waals surface area contributed by atoms with Crippen molar-refractivity contribution < 1.29 is 29.6 Å². The fourth-order valence-corrected chi connectivity index (χ4v) is 5.21. The van der Waals surface area contributed by atoms with Crippen LogP contribution >= 0.6 is 0 Å². The number of ether oxygens (including phenoxy) is 2. The molecule has 0 radical (unpaired) electrons. The quantitative estimate of drug-likeness (QED) is 0.271. The van der Waals surface area contributed by atoms with E-state index < -0.39 is 36.4 Å². The number of rotatable bonds is 6. The van der Waals surface area contributed by atoms with Gasteiger partial charge in [-0.1, -0.05) is 25.1 Å². The fraction of sp³-hybridized carbons (Fsp3) is 0.400. The van der Waals surface area contributed by atoms with Crippen LogP contribution < -0.4 is 10.2 Å². The van der Waals surface area contributed by atoms with Gasteiger partial charge in [-0.15, -0.1) is 0 Å². The summed E-state index contributed by atoms with van der Waals surface area (Å²) in [5, 5.41) is 44.7. The van der Waals surface area contributed by atoms with Crippen LogP contribution in [-0.4, -0.2) is 83.2 Å². The normalized spacial score (nSPS) is 25.6. The van der Waals surface area contributed by atoms with Gasteiger partial charge in [0, 0.05) is 49.7 Å². The number of aliphatic hydroxyl groups is 3. The number of aliphatic hydroxyl groups excluding tert-OH is 3. The summed E-state index contributed by atoms with van der Waals surface area (Å²) < 4.78 is 12.7. The van der Waals surface area contributed by atoms with Crippen LogP contribution in [0, 0.1) is 17.2 Å². The Kier molecular flexibility index (Phi) is 8.21. The van der Waals surface area contributed by atoms with Gasteiger partial charge in [-0.2, -0.15) is 5.26 Å². The van der Waals surface area contributed by atoms with Crippen molar-refractivity contribution in [3.8, 4) is 17.3 Å². The molecule has 10 heteroatoms. The molecule has 4 N–H and O–H groups in total. The maximum absolute atomic E-state index is 12.7. The number of nitriles is 1. The molecule has 2 aromatic carbocycles. The molecule has 0 spiro atoms. The number of carbonyl (C=O) groups excluding carboxylic acids is 1. The zero-order valence-electron chi connectivity index (χ0n) is 22.5. The predicted octanol–water partition coefficient (Wildman–Crippen LogP) is 1.78. The summed E-state index contributed by atoms with van der Waals surface area (Å²) in [5.74, 6) is -1.32. The standard InChI is InChI=1S/C30H34N4O6/c1-18-27(35)28(36)26(40-30(18)38)17-32-29(37)22(16-31)15-23-7-8-25(33(23)2)21-4-3-20-14-24(6-5-19(20)13-21)34-9-11-39-12-10-34/h3-8,13-15,18,26-28,30,35-36,38H,9-12,17H2,1-2H3,(H,32,37)/b22-15+/t18-,26-,27-,28-,30?/m1/s1. The molecule has 1 unspecified atom stereocenters. The molecule has 2 saturated heterocycles. The van der Waals surface area contributed by atoms with Crippen LogP contribution in [0.15, 0.2) is 54.1 Å². The van der Waals surface area contributed by atoms with Crippen molar-refractivity contribution in [1.29, 1.82) is 5.26 Å². The van der Waals surface area contributed by atoms with E-state index in [0.29, 0.717) is 5.69 Å². The SMILES string of the molecule is C[C@H]1C(O)O[C@H](CNC(=O)/C(C#N)=C/c2ccc(-c3ccc4cc(N5CCOCC5)ccc4c3)n2C)[C@@H](O)[C@@H]1O. The highest BCUT2D eigenvalue weighted by Crippen LogP contribution is 2.29. The molecular formula is C30H34N4O6. The van der Waals surface area contributed by atoms with E-state index in [1.807, 2.05) is 29.8 Å². The molecule has 2 aliphatic rings. The average molecular weight is 547 g/mol. The van der Waals surface area contributed by atoms with Crippen molar-refractivity contribution in [2.45, 2.75) is 31.5 Å². The Morgan fingerprint density at radius 1 is 1.07 bits per heavy atom. The predicted molar refractivity (Wildman–Crippen MR) is 150 cm³/mol. The molecule has 0 saturated carbocycles. The lowest BCUT2D eigenvalue weighted by Gasteiger charge is -2.39. The minimum atomic E-state index is -1.28. The molecule has 210 valence electrons. The Labute approximate surface area is 232 Å². The highest BCUT2D eigenvalue weighted by Gasteiger charge is 2.41. The van der Waals surface area contributed by atoms with E-state index in [2.05, 4.69) is 46.6 Å². The van der Waals surface area contributed by atoms with Gasteiger partial charge in [0.25, 0.3) is 5.91 Å². The Balaban J connectivity index is 1.30. The number of nitrogens with one attached hydrogen (secondary N) is 1. The molecule has 3 heterocycles. The van der Waals surface area contributed by atoms with Crippen LogP contribution in [0.1, 0.15) is 12.6 Å². The van der Waals surface area contributed by atoms with Gasteiger partial charge in [-0.25, -0.2) is 0 Å². The lowest BCUT2D eigenvalue weighted by atomic mass is 9.92. The summed E-state index contributed by atoms with van der Waals surface area (Å²) in [6.45, 7) is 4.62. The first-order valence-electron chi connectivity index (χ1n) is 13.4. The Bertz CT molecular complexity index is 1450. The van der Waals surface area contributed by atoms with Crippen LogP contribution in [0.3, 0.4) is 0 Å². The molecule has 1 amide bonds. The fourth-order valence-electron chi connectivity index (χ4n) is 5.21. The molecule has 2 aliphatic heterocycles. The minimum Gasteiger partial charge on any atom is -0.390 e.